The van der Waals surface area contributed by atoms with Gasteiger partial charge in [-0.25, -0.2) is 4.39 Å². The monoisotopic (exact) mass is 317 g/mol. The average molecular weight is 318 g/mol. The van der Waals surface area contributed by atoms with E-state index in [2.05, 4.69) is 12.2 Å². The molecule has 1 aromatic rings. The zero-order valence-electron chi connectivity index (χ0n) is 11.4. The quantitative estimate of drug-likeness (QED) is 0.655. The van der Waals surface area contributed by atoms with Crippen LogP contribution in [0.25, 0.3) is 0 Å². The smallest absolute Gasteiger partial charge is 0.166 e. The summed E-state index contributed by atoms with van der Waals surface area (Å²) in [4.78, 5) is 12.3. The Kier molecular flexibility index (Phi) is 5.42. The van der Waals surface area contributed by atoms with Crippen molar-refractivity contribution in [3.05, 3.63) is 33.6 Å². The number of nitrogens with one attached hydrogen (secondary N) is 1. The number of halogens is 3. The minimum atomic E-state index is -0.609. The van der Waals surface area contributed by atoms with E-state index in [1.54, 1.807) is 0 Å². The Labute approximate surface area is 128 Å². The summed E-state index contributed by atoms with van der Waals surface area (Å²) in [6, 6.07) is 2.57. The average Bonchev–Trinajstić information content (AvgIpc) is 2.43. The van der Waals surface area contributed by atoms with Crippen molar-refractivity contribution in [2.75, 3.05) is 6.54 Å². The van der Waals surface area contributed by atoms with Crippen molar-refractivity contribution in [3.8, 4) is 0 Å². The lowest BCUT2D eigenvalue weighted by Crippen LogP contribution is -2.39. The minimum absolute atomic E-state index is 0.0617. The molecule has 20 heavy (non-hydrogen) atoms. The fourth-order valence-corrected chi connectivity index (χ4v) is 3.18. The minimum Gasteiger partial charge on any atom is -0.314 e. The third-order valence-corrected chi connectivity index (χ3v) is 4.53. The van der Waals surface area contributed by atoms with Crippen LogP contribution in [0.2, 0.25) is 10.0 Å². The topological polar surface area (TPSA) is 29.1 Å². The number of benzene rings is 1. The van der Waals surface area contributed by atoms with E-state index in [-0.39, 0.29) is 27.4 Å². The summed E-state index contributed by atoms with van der Waals surface area (Å²) >= 11 is 11.6. The molecule has 1 fully saturated rings. The van der Waals surface area contributed by atoms with Crippen LogP contribution >= 0.6 is 23.2 Å². The third kappa shape index (κ3) is 3.72. The van der Waals surface area contributed by atoms with Gasteiger partial charge in [0.25, 0.3) is 0 Å². The largest absolute Gasteiger partial charge is 0.314 e. The van der Waals surface area contributed by atoms with E-state index < -0.39 is 5.82 Å². The van der Waals surface area contributed by atoms with E-state index in [1.807, 2.05) is 0 Å². The van der Waals surface area contributed by atoms with E-state index in [9.17, 15) is 9.18 Å². The molecule has 2 atom stereocenters. The summed E-state index contributed by atoms with van der Waals surface area (Å²) < 4.78 is 13.5. The number of rotatable bonds is 4. The van der Waals surface area contributed by atoms with Crippen molar-refractivity contribution in [2.45, 2.75) is 38.6 Å². The molecular formula is C15H18Cl2FNO. The first-order chi connectivity index (χ1) is 9.51. The molecule has 1 heterocycles. The Morgan fingerprint density at radius 1 is 1.40 bits per heavy atom. The van der Waals surface area contributed by atoms with Crippen LogP contribution in [-0.2, 0) is 0 Å². The highest BCUT2D eigenvalue weighted by Crippen LogP contribution is 2.27. The highest BCUT2D eigenvalue weighted by molar-refractivity contribution is 6.36. The fourth-order valence-electron chi connectivity index (χ4n) is 2.69. The summed E-state index contributed by atoms with van der Waals surface area (Å²) in [6.07, 6.45) is 3.60. The van der Waals surface area contributed by atoms with Gasteiger partial charge in [0.2, 0.25) is 0 Å². The molecule has 2 unspecified atom stereocenters. The molecule has 0 aliphatic carbocycles. The first-order valence-corrected chi connectivity index (χ1v) is 7.68. The van der Waals surface area contributed by atoms with Gasteiger partial charge >= 0.3 is 0 Å². The van der Waals surface area contributed by atoms with Gasteiger partial charge in [-0.1, -0.05) is 36.5 Å². The predicted octanol–water partition coefficient (Wildman–Crippen LogP) is 4.48. The molecule has 2 rings (SSSR count). The second kappa shape index (κ2) is 6.88. The molecule has 0 radical (unpaired) electrons. The number of ketones is 1. The van der Waals surface area contributed by atoms with E-state index in [4.69, 9.17) is 23.2 Å². The standard InChI is InChI=1S/C15H18Cl2FNO/c1-2-9-3-4-19-10(5-9)6-15(20)11-7-14(18)13(17)8-12(11)16/h7-10,19H,2-6H2,1H3. The highest BCUT2D eigenvalue weighted by Gasteiger charge is 2.24. The van der Waals surface area contributed by atoms with Gasteiger partial charge in [-0.3, -0.25) is 4.79 Å². The SMILES string of the molecule is CCC1CCNC(CC(=O)c2cc(F)c(Cl)cc2Cl)C1. The number of hydrogen-bond acceptors (Lipinski definition) is 2. The maximum atomic E-state index is 13.5. The van der Waals surface area contributed by atoms with E-state index in [1.165, 1.54) is 6.07 Å². The van der Waals surface area contributed by atoms with Gasteiger partial charge in [0.1, 0.15) is 5.82 Å². The maximum absolute atomic E-state index is 13.5. The van der Waals surface area contributed by atoms with Crippen LogP contribution in [0.5, 0.6) is 0 Å². The van der Waals surface area contributed by atoms with Crippen LogP contribution in [0.15, 0.2) is 12.1 Å². The number of carbonyl (C=O) groups is 1. The van der Waals surface area contributed by atoms with Crippen LogP contribution in [-0.4, -0.2) is 18.4 Å². The van der Waals surface area contributed by atoms with E-state index in [0.29, 0.717) is 12.3 Å². The van der Waals surface area contributed by atoms with Crippen molar-refractivity contribution in [1.29, 1.82) is 0 Å². The second-order valence-electron chi connectivity index (χ2n) is 5.32. The Morgan fingerprint density at radius 2 is 2.15 bits per heavy atom. The lowest BCUT2D eigenvalue weighted by molar-refractivity contribution is 0.0957. The number of carbonyl (C=O) groups excluding carboxylic acids is 1. The van der Waals surface area contributed by atoms with Gasteiger partial charge in [-0.2, -0.15) is 0 Å². The molecule has 0 bridgehead atoms. The zero-order chi connectivity index (χ0) is 14.7. The molecule has 110 valence electrons. The van der Waals surface area contributed by atoms with Crippen molar-refractivity contribution >= 4 is 29.0 Å². The Morgan fingerprint density at radius 3 is 2.85 bits per heavy atom. The predicted molar refractivity (Wildman–Crippen MR) is 80.2 cm³/mol. The van der Waals surface area contributed by atoms with Crippen molar-refractivity contribution in [2.24, 2.45) is 5.92 Å². The molecular weight excluding hydrogens is 300 g/mol. The Bertz CT molecular complexity index is 507. The molecule has 1 N–H and O–H groups in total. The summed E-state index contributed by atoms with van der Waals surface area (Å²) in [5, 5.41) is 3.50. The summed E-state index contributed by atoms with van der Waals surface area (Å²) in [7, 11) is 0. The molecule has 0 aromatic heterocycles. The lowest BCUT2D eigenvalue weighted by Gasteiger charge is -2.29. The van der Waals surface area contributed by atoms with Gasteiger partial charge in [-0.15, -0.1) is 0 Å². The third-order valence-electron chi connectivity index (χ3n) is 3.92. The molecule has 1 aromatic carbocycles. The fraction of sp³-hybridized carbons (Fsp3) is 0.533. The maximum Gasteiger partial charge on any atom is 0.166 e. The highest BCUT2D eigenvalue weighted by atomic mass is 35.5. The van der Waals surface area contributed by atoms with Crippen LogP contribution in [0.3, 0.4) is 0 Å². The summed E-state index contributed by atoms with van der Waals surface area (Å²) in [6.45, 7) is 3.10. The zero-order valence-corrected chi connectivity index (χ0v) is 12.9. The number of piperidine rings is 1. The van der Waals surface area contributed by atoms with Gasteiger partial charge in [-0.05, 0) is 37.4 Å². The molecule has 2 nitrogen and oxygen atoms in total. The van der Waals surface area contributed by atoms with Crippen molar-refractivity contribution < 1.29 is 9.18 Å². The van der Waals surface area contributed by atoms with Crippen molar-refractivity contribution in [1.82, 2.24) is 5.32 Å². The van der Waals surface area contributed by atoms with Crippen LogP contribution < -0.4 is 5.32 Å². The molecule has 5 heteroatoms. The lowest BCUT2D eigenvalue weighted by atomic mass is 9.87. The normalized spacial score (nSPS) is 22.8. The van der Waals surface area contributed by atoms with E-state index in [0.717, 1.165) is 31.9 Å². The van der Waals surface area contributed by atoms with Crippen LogP contribution in [0.1, 0.15) is 43.0 Å². The summed E-state index contributed by atoms with van der Waals surface area (Å²) in [5.41, 5.74) is 0.217. The molecule has 1 aliphatic heterocycles. The first-order valence-electron chi connectivity index (χ1n) is 6.92. The van der Waals surface area contributed by atoms with E-state index >= 15 is 0 Å². The number of Topliss-reactive ketones (excluding diaryl/α,β-unsaturated/α-hetero) is 1. The molecule has 0 saturated carbocycles. The van der Waals surface area contributed by atoms with Crippen molar-refractivity contribution in [3.63, 3.8) is 0 Å². The van der Waals surface area contributed by atoms with Gasteiger partial charge < -0.3 is 5.32 Å². The van der Waals surface area contributed by atoms with Gasteiger partial charge in [0.15, 0.2) is 5.78 Å². The molecule has 0 amide bonds. The van der Waals surface area contributed by atoms with Crippen LogP contribution in [0, 0.1) is 11.7 Å². The molecule has 1 saturated heterocycles. The van der Waals surface area contributed by atoms with Gasteiger partial charge in [0, 0.05) is 18.0 Å². The van der Waals surface area contributed by atoms with Gasteiger partial charge in [0.05, 0.1) is 10.0 Å². The molecule has 0 spiro atoms. The summed E-state index contributed by atoms with van der Waals surface area (Å²) in [5.74, 6) is -0.0891. The Balaban J connectivity index is 2.06. The number of hydrogen-bond donors (Lipinski definition) is 1. The Hall–Kier alpha value is -0.640. The van der Waals surface area contributed by atoms with Crippen LogP contribution in [0.4, 0.5) is 4.39 Å². The second-order valence-corrected chi connectivity index (χ2v) is 6.14. The molecule has 1 aliphatic rings. The first kappa shape index (κ1) is 15.7.